The van der Waals surface area contributed by atoms with Gasteiger partial charge in [0.25, 0.3) is 0 Å². The van der Waals surface area contributed by atoms with Gasteiger partial charge < -0.3 is 15.1 Å². The van der Waals surface area contributed by atoms with Gasteiger partial charge in [-0.25, -0.2) is 4.57 Å². The van der Waals surface area contributed by atoms with Gasteiger partial charge in [-0.2, -0.15) is 0 Å². The molecule has 72 valence electrons. The van der Waals surface area contributed by atoms with Gasteiger partial charge in [0.05, 0.1) is 19.5 Å². The van der Waals surface area contributed by atoms with Crippen molar-refractivity contribution < 1.29 is 18.9 Å². The van der Waals surface area contributed by atoms with Crippen molar-refractivity contribution in [1.29, 1.82) is 0 Å². The fourth-order valence-corrected chi connectivity index (χ4v) is 0.827. The van der Waals surface area contributed by atoms with Crippen molar-refractivity contribution in [2.45, 2.75) is 6.92 Å². The minimum atomic E-state index is -4.17. The predicted molar refractivity (Wildman–Crippen MR) is 45.0 cm³/mol. The predicted octanol–water partition coefficient (Wildman–Crippen LogP) is -0.267. The summed E-state index contributed by atoms with van der Waals surface area (Å²) in [4.78, 5) is 19.7. The average Bonchev–Trinajstić information content (AvgIpc) is 2.38. The Morgan fingerprint density at radius 1 is 1.75 bits per heavy atom. The first kappa shape index (κ1) is 11.6. The lowest BCUT2D eigenvalue weighted by Gasteiger charge is -1.98. The Morgan fingerprint density at radius 3 is 2.50 bits per heavy atom. The maximum atomic E-state index is 9.70. The van der Waals surface area contributed by atoms with Crippen LogP contribution in [0.25, 0.3) is 0 Å². The second-order valence-electron chi connectivity index (χ2n) is 1.90. The molecule has 0 unspecified atom stereocenters. The Bertz CT molecular complexity index is 172. The lowest BCUT2D eigenvalue weighted by Crippen LogP contribution is -2.04. The number of phosphoric acid groups is 1. The molecule has 7 heteroatoms. The molecule has 0 aromatic rings. The summed E-state index contributed by atoms with van der Waals surface area (Å²) in [5.74, 6) is 0. The molecule has 0 aromatic carbocycles. The van der Waals surface area contributed by atoms with Crippen LogP contribution in [0.1, 0.15) is 6.92 Å². The molecule has 0 aromatic heterocycles. The Labute approximate surface area is 70.9 Å². The van der Waals surface area contributed by atoms with Gasteiger partial charge in [-0.3, -0.25) is 9.52 Å². The molecule has 0 bridgehead atoms. The average molecular weight is 196 g/mol. The standard InChI is InChI=1S/C3H6N2.C2H7O4P/c1-2-5-3-4-1;1-2-6-7(3,4)5/h3H,1-2H2,(H,4,5);2H2,1H3,(H2,3,4,5). The van der Waals surface area contributed by atoms with Crippen LogP contribution in [-0.2, 0) is 9.09 Å². The first-order valence-electron chi connectivity index (χ1n) is 3.48. The zero-order valence-electron chi connectivity index (χ0n) is 6.80. The Kier molecular flexibility index (Phi) is 5.92. The lowest BCUT2D eigenvalue weighted by molar-refractivity contribution is 0.206. The minimum Gasteiger partial charge on any atom is -0.375 e. The van der Waals surface area contributed by atoms with E-state index in [0.29, 0.717) is 0 Å². The van der Waals surface area contributed by atoms with E-state index in [2.05, 4.69) is 14.8 Å². The monoisotopic (exact) mass is 196 g/mol. The molecule has 3 N–H and O–H groups in total. The van der Waals surface area contributed by atoms with Crippen molar-refractivity contribution in [3.8, 4) is 0 Å². The molecule has 0 saturated heterocycles. The molecule has 0 aliphatic carbocycles. The highest BCUT2D eigenvalue weighted by atomic mass is 31.2. The quantitative estimate of drug-likeness (QED) is 0.529. The van der Waals surface area contributed by atoms with Crippen LogP contribution in [0.15, 0.2) is 4.99 Å². The molecule has 0 atom stereocenters. The van der Waals surface area contributed by atoms with Crippen LogP contribution in [0.2, 0.25) is 0 Å². The summed E-state index contributed by atoms with van der Waals surface area (Å²) < 4.78 is 13.6. The van der Waals surface area contributed by atoms with Crippen LogP contribution in [-0.4, -0.2) is 35.8 Å². The molecular weight excluding hydrogens is 183 g/mol. The van der Waals surface area contributed by atoms with Gasteiger partial charge in [0, 0.05) is 6.54 Å². The summed E-state index contributed by atoms with van der Waals surface area (Å²) >= 11 is 0. The highest BCUT2D eigenvalue weighted by Crippen LogP contribution is 2.34. The number of aliphatic imine (C=N–C) groups is 1. The second kappa shape index (κ2) is 6.14. The van der Waals surface area contributed by atoms with Crippen LogP contribution >= 0.6 is 7.82 Å². The van der Waals surface area contributed by atoms with E-state index in [4.69, 9.17) is 9.79 Å². The number of rotatable bonds is 2. The maximum absolute atomic E-state index is 9.70. The molecule has 1 rings (SSSR count). The topological polar surface area (TPSA) is 91.2 Å². The lowest BCUT2D eigenvalue weighted by atomic mass is 10.7. The van der Waals surface area contributed by atoms with Crippen molar-refractivity contribution in [1.82, 2.24) is 5.32 Å². The van der Waals surface area contributed by atoms with E-state index in [-0.39, 0.29) is 6.61 Å². The third kappa shape index (κ3) is 9.58. The van der Waals surface area contributed by atoms with Crippen molar-refractivity contribution in [2.24, 2.45) is 4.99 Å². The second-order valence-corrected chi connectivity index (χ2v) is 3.14. The van der Waals surface area contributed by atoms with Crippen molar-refractivity contribution in [2.75, 3.05) is 19.7 Å². The Balaban J connectivity index is 0.000000211. The molecule has 0 fully saturated rings. The smallest absolute Gasteiger partial charge is 0.375 e. The summed E-state index contributed by atoms with van der Waals surface area (Å²) in [5.41, 5.74) is 0. The summed E-state index contributed by atoms with van der Waals surface area (Å²) in [6.07, 6.45) is 1.74. The number of nitrogens with one attached hydrogen (secondary N) is 1. The van der Waals surface area contributed by atoms with Crippen LogP contribution in [0, 0.1) is 0 Å². The number of hydrogen-bond donors (Lipinski definition) is 3. The minimum absolute atomic E-state index is 0.0459. The van der Waals surface area contributed by atoms with Crippen LogP contribution in [0.5, 0.6) is 0 Å². The van der Waals surface area contributed by atoms with Crippen molar-refractivity contribution in [3.05, 3.63) is 0 Å². The fraction of sp³-hybridized carbons (Fsp3) is 0.800. The molecular formula is C5H13N2O4P. The van der Waals surface area contributed by atoms with E-state index < -0.39 is 7.82 Å². The van der Waals surface area contributed by atoms with Gasteiger partial charge in [-0.15, -0.1) is 0 Å². The number of hydrogen-bond acceptors (Lipinski definition) is 4. The zero-order valence-corrected chi connectivity index (χ0v) is 7.70. The Morgan fingerprint density at radius 2 is 2.42 bits per heavy atom. The van der Waals surface area contributed by atoms with Crippen LogP contribution in [0.3, 0.4) is 0 Å². The van der Waals surface area contributed by atoms with Gasteiger partial charge in [0.2, 0.25) is 0 Å². The van der Waals surface area contributed by atoms with Crippen LogP contribution in [0.4, 0.5) is 0 Å². The van der Waals surface area contributed by atoms with E-state index in [1.807, 2.05) is 0 Å². The van der Waals surface area contributed by atoms with Crippen molar-refractivity contribution >= 4 is 14.2 Å². The highest BCUT2D eigenvalue weighted by Gasteiger charge is 2.10. The molecule has 1 heterocycles. The zero-order chi connectivity index (χ0) is 9.45. The van der Waals surface area contributed by atoms with E-state index in [1.54, 1.807) is 6.34 Å². The van der Waals surface area contributed by atoms with Gasteiger partial charge in [-0.05, 0) is 6.92 Å². The summed E-state index contributed by atoms with van der Waals surface area (Å²) in [6.45, 7) is 3.55. The van der Waals surface area contributed by atoms with E-state index in [1.165, 1.54) is 6.92 Å². The number of phosphoric ester groups is 1. The maximum Gasteiger partial charge on any atom is 0.469 e. The first-order chi connectivity index (χ1) is 5.56. The van der Waals surface area contributed by atoms with E-state index in [0.717, 1.165) is 13.1 Å². The van der Waals surface area contributed by atoms with Crippen LogP contribution < -0.4 is 5.32 Å². The Hall–Kier alpha value is -0.420. The SMILES string of the molecule is C1=NCCN1.CCOP(=O)(O)O. The number of nitrogens with zero attached hydrogens (tertiary/aromatic N) is 1. The van der Waals surface area contributed by atoms with E-state index in [9.17, 15) is 4.57 Å². The molecule has 1 aliphatic heterocycles. The normalized spacial score (nSPS) is 14.9. The molecule has 0 spiro atoms. The molecule has 0 radical (unpaired) electrons. The fourth-order valence-electron chi connectivity index (χ4n) is 0.491. The third-order valence-corrected chi connectivity index (χ3v) is 1.46. The molecule has 0 amide bonds. The highest BCUT2D eigenvalue weighted by molar-refractivity contribution is 7.46. The van der Waals surface area contributed by atoms with E-state index >= 15 is 0 Å². The molecule has 12 heavy (non-hydrogen) atoms. The summed E-state index contributed by atoms with van der Waals surface area (Å²) in [5, 5.41) is 2.93. The summed E-state index contributed by atoms with van der Waals surface area (Å²) in [7, 11) is -4.17. The molecule has 6 nitrogen and oxygen atoms in total. The third-order valence-electron chi connectivity index (χ3n) is 0.865. The summed E-state index contributed by atoms with van der Waals surface area (Å²) in [6, 6.07) is 0. The first-order valence-corrected chi connectivity index (χ1v) is 5.01. The van der Waals surface area contributed by atoms with Gasteiger partial charge in [0.15, 0.2) is 0 Å². The van der Waals surface area contributed by atoms with Gasteiger partial charge in [-0.1, -0.05) is 0 Å². The molecule has 1 aliphatic rings. The van der Waals surface area contributed by atoms with Gasteiger partial charge in [0.1, 0.15) is 0 Å². The van der Waals surface area contributed by atoms with Gasteiger partial charge >= 0.3 is 7.82 Å². The largest absolute Gasteiger partial charge is 0.469 e. The molecule has 0 saturated carbocycles. The van der Waals surface area contributed by atoms with Crippen molar-refractivity contribution in [3.63, 3.8) is 0 Å².